The summed E-state index contributed by atoms with van der Waals surface area (Å²) < 4.78 is 0. The van der Waals surface area contributed by atoms with Crippen molar-refractivity contribution in [2.45, 2.75) is 32.6 Å². The molecule has 0 spiro atoms. The van der Waals surface area contributed by atoms with Gasteiger partial charge in [0.15, 0.2) is 0 Å². The number of pyridine rings is 1. The summed E-state index contributed by atoms with van der Waals surface area (Å²) in [6.07, 6.45) is 13.1. The van der Waals surface area contributed by atoms with Gasteiger partial charge in [0.2, 0.25) is 0 Å². The Morgan fingerprint density at radius 1 is 1.32 bits per heavy atom. The van der Waals surface area contributed by atoms with E-state index >= 15 is 0 Å². The number of allylic oxidation sites excluding steroid dienone is 2. The van der Waals surface area contributed by atoms with E-state index in [1.165, 1.54) is 0 Å². The third-order valence-electron chi connectivity index (χ3n) is 5.49. The van der Waals surface area contributed by atoms with Crippen LogP contribution in [0.25, 0.3) is 23.3 Å². The van der Waals surface area contributed by atoms with E-state index < -0.39 is 5.41 Å². The fourth-order valence-corrected chi connectivity index (χ4v) is 3.52. The lowest BCUT2D eigenvalue weighted by atomic mass is 9.93. The molecule has 1 aromatic heterocycles. The van der Waals surface area contributed by atoms with Crippen molar-refractivity contribution in [3.05, 3.63) is 59.1 Å². The average molecular weight is 369 g/mol. The minimum Gasteiger partial charge on any atom is -0.398 e. The quantitative estimate of drug-likeness (QED) is 0.474. The molecule has 0 aliphatic heterocycles. The number of rotatable bonds is 3. The van der Waals surface area contributed by atoms with E-state index in [1.54, 1.807) is 6.20 Å². The SMILES string of the molecule is Cc1ccncc1-c1cc(N)c2c(c1)/C=C(/N=C(N)C1(C#N)CC1)CCC=C2. The zero-order chi connectivity index (χ0) is 19.7. The van der Waals surface area contributed by atoms with Gasteiger partial charge in [-0.1, -0.05) is 12.2 Å². The Hall–Kier alpha value is -3.39. The lowest BCUT2D eigenvalue weighted by Gasteiger charge is -2.15. The number of fused-ring (bicyclic) bond motifs is 1. The van der Waals surface area contributed by atoms with Gasteiger partial charge in [0.25, 0.3) is 0 Å². The van der Waals surface area contributed by atoms with Crippen molar-refractivity contribution in [3.63, 3.8) is 0 Å². The van der Waals surface area contributed by atoms with Crippen LogP contribution >= 0.6 is 0 Å². The van der Waals surface area contributed by atoms with Crippen molar-refractivity contribution in [1.82, 2.24) is 4.98 Å². The van der Waals surface area contributed by atoms with Crippen LogP contribution in [-0.2, 0) is 0 Å². The fraction of sp³-hybridized carbons (Fsp3) is 0.261. The fourth-order valence-electron chi connectivity index (χ4n) is 3.52. The molecule has 0 saturated heterocycles. The number of hydrogen-bond acceptors (Lipinski definition) is 4. The summed E-state index contributed by atoms with van der Waals surface area (Å²) >= 11 is 0. The molecule has 1 saturated carbocycles. The van der Waals surface area contributed by atoms with Gasteiger partial charge in [-0.15, -0.1) is 0 Å². The van der Waals surface area contributed by atoms with E-state index in [-0.39, 0.29) is 0 Å². The van der Waals surface area contributed by atoms with Crippen LogP contribution in [0.5, 0.6) is 0 Å². The van der Waals surface area contributed by atoms with Crippen molar-refractivity contribution < 1.29 is 0 Å². The second-order valence-corrected chi connectivity index (χ2v) is 7.53. The third-order valence-corrected chi connectivity index (χ3v) is 5.49. The van der Waals surface area contributed by atoms with Crippen LogP contribution in [0.4, 0.5) is 5.69 Å². The molecule has 0 bridgehead atoms. The highest BCUT2D eigenvalue weighted by Crippen LogP contribution is 2.45. The van der Waals surface area contributed by atoms with Gasteiger partial charge < -0.3 is 11.5 Å². The van der Waals surface area contributed by atoms with Crippen molar-refractivity contribution >= 4 is 23.7 Å². The third kappa shape index (κ3) is 3.29. The second kappa shape index (κ2) is 6.97. The maximum Gasteiger partial charge on any atom is 0.120 e. The molecule has 0 radical (unpaired) electrons. The van der Waals surface area contributed by atoms with E-state index in [0.717, 1.165) is 64.9 Å². The van der Waals surface area contributed by atoms with Gasteiger partial charge in [-0.3, -0.25) is 4.98 Å². The van der Waals surface area contributed by atoms with E-state index in [1.807, 2.05) is 24.4 Å². The van der Waals surface area contributed by atoms with Gasteiger partial charge in [-0.25, -0.2) is 4.99 Å². The predicted octanol–water partition coefficient (Wildman–Crippen LogP) is 4.45. The van der Waals surface area contributed by atoms with Gasteiger partial charge in [0.05, 0.1) is 6.07 Å². The number of amidine groups is 1. The summed E-state index contributed by atoms with van der Waals surface area (Å²) in [4.78, 5) is 8.89. The number of anilines is 1. The Balaban J connectivity index is 1.82. The normalized spacial score (nSPS) is 19.6. The van der Waals surface area contributed by atoms with Crippen LogP contribution in [0.1, 0.15) is 42.4 Å². The Labute approximate surface area is 165 Å². The highest BCUT2D eigenvalue weighted by Gasteiger charge is 2.47. The summed E-state index contributed by atoms with van der Waals surface area (Å²) in [7, 11) is 0. The molecule has 1 fully saturated rings. The van der Waals surface area contributed by atoms with E-state index in [9.17, 15) is 5.26 Å². The van der Waals surface area contributed by atoms with Crippen LogP contribution < -0.4 is 11.5 Å². The minimum absolute atomic E-state index is 0.430. The highest BCUT2D eigenvalue weighted by molar-refractivity contribution is 5.93. The van der Waals surface area contributed by atoms with Gasteiger partial charge in [0, 0.05) is 34.9 Å². The molecule has 2 aliphatic rings. The predicted molar refractivity (Wildman–Crippen MR) is 114 cm³/mol. The number of aliphatic imine (C=N–C) groups is 1. The monoisotopic (exact) mass is 369 g/mol. The van der Waals surface area contributed by atoms with Crippen LogP contribution in [-0.4, -0.2) is 10.8 Å². The topological polar surface area (TPSA) is 101 Å². The highest BCUT2D eigenvalue weighted by atomic mass is 14.9. The molecule has 2 aromatic rings. The van der Waals surface area contributed by atoms with Crippen LogP contribution in [0, 0.1) is 23.7 Å². The Bertz CT molecular complexity index is 1060. The Kier molecular flexibility index (Phi) is 4.48. The molecule has 0 unspecified atom stereocenters. The summed E-state index contributed by atoms with van der Waals surface area (Å²) in [5.74, 6) is 0.430. The summed E-state index contributed by atoms with van der Waals surface area (Å²) in [5.41, 5.74) is 18.8. The number of nitrogens with two attached hydrogens (primary N) is 2. The molecule has 28 heavy (non-hydrogen) atoms. The summed E-state index contributed by atoms with van der Waals surface area (Å²) in [6.45, 7) is 2.06. The molecule has 1 aromatic carbocycles. The lowest BCUT2D eigenvalue weighted by Crippen LogP contribution is -2.24. The van der Waals surface area contributed by atoms with Crippen molar-refractivity contribution in [2.24, 2.45) is 16.1 Å². The van der Waals surface area contributed by atoms with E-state index in [2.05, 4.69) is 41.2 Å². The molecular weight excluding hydrogens is 346 g/mol. The maximum absolute atomic E-state index is 9.38. The molecule has 5 heteroatoms. The lowest BCUT2D eigenvalue weighted by molar-refractivity contribution is 0.898. The number of nitriles is 1. The molecule has 5 nitrogen and oxygen atoms in total. The number of benzene rings is 1. The zero-order valence-electron chi connectivity index (χ0n) is 15.9. The first-order valence-electron chi connectivity index (χ1n) is 9.50. The smallest absolute Gasteiger partial charge is 0.120 e. The summed E-state index contributed by atoms with van der Waals surface area (Å²) in [5, 5.41) is 9.38. The Morgan fingerprint density at radius 3 is 2.86 bits per heavy atom. The van der Waals surface area contributed by atoms with Crippen molar-refractivity contribution in [2.75, 3.05) is 5.73 Å². The van der Waals surface area contributed by atoms with E-state index in [4.69, 9.17) is 11.5 Å². The number of nitrogens with zero attached hydrogens (tertiary/aromatic N) is 3. The number of nitrogen functional groups attached to an aromatic ring is 1. The Morgan fingerprint density at radius 2 is 2.14 bits per heavy atom. The average Bonchev–Trinajstić information content (AvgIpc) is 3.46. The van der Waals surface area contributed by atoms with Gasteiger partial charge >= 0.3 is 0 Å². The number of aryl methyl sites for hydroxylation is 1. The molecular formula is C23H23N5. The van der Waals surface area contributed by atoms with Gasteiger partial charge in [-0.05, 0) is 73.6 Å². The molecule has 1 heterocycles. The number of hydrogen-bond donors (Lipinski definition) is 2. The first kappa shape index (κ1) is 18.0. The molecule has 0 amide bonds. The van der Waals surface area contributed by atoms with Crippen LogP contribution in [0.15, 0.2) is 47.4 Å². The standard InChI is InChI=1S/C23H23N5/c1-15-6-9-27-13-20(15)17-10-16-11-18(28-22(26)23(14-24)7-8-23)4-2-3-5-19(16)21(25)12-17/h3,5-6,9-13H,2,4,7-8,25H2,1H3,(H2,26,28)/b5-3?,18-11+. The van der Waals surface area contributed by atoms with Gasteiger partial charge in [0.1, 0.15) is 11.3 Å². The first-order valence-corrected chi connectivity index (χ1v) is 9.50. The molecule has 0 atom stereocenters. The van der Waals surface area contributed by atoms with Crippen molar-refractivity contribution in [1.29, 1.82) is 5.26 Å². The molecule has 4 rings (SSSR count). The minimum atomic E-state index is -0.560. The first-order chi connectivity index (χ1) is 13.5. The largest absolute Gasteiger partial charge is 0.398 e. The maximum atomic E-state index is 9.38. The van der Waals surface area contributed by atoms with Crippen LogP contribution in [0.2, 0.25) is 0 Å². The van der Waals surface area contributed by atoms with Gasteiger partial charge in [-0.2, -0.15) is 5.26 Å². The zero-order valence-corrected chi connectivity index (χ0v) is 15.9. The van der Waals surface area contributed by atoms with Crippen molar-refractivity contribution in [3.8, 4) is 17.2 Å². The molecule has 4 N–H and O–H groups in total. The van der Waals surface area contributed by atoms with E-state index in [0.29, 0.717) is 5.84 Å². The number of aromatic nitrogens is 1. The summed E-state index contributed by atoms with van der Waals surface area (Å²) in [6, 6.07) is 8.42. The molecule has 140 valence electrons. The molecule has 2 aliphatic carbocycles. The van der Waals surface area contributed by atoms with Crippen LogP contribution in [0.3, 0.4) is 0 Å². The second-order valence-electron chi connectivity index (χ2n) is 7.53.